The summed E-state index contributed by atoms with van der Waals surface area (Å²) in [5, 5.41) is 33.6. The minimum atomic E-state index is -2.55. The number of phenols is 2. The Balaban J connectivity index is 1.61. The van der Waals surface area contributed by atoms with Crippen molar-refractivity contribution in [3.63, 3.8) is 0 Å². The highest BCUT2D eigenvalue weighted by Gasteiger charge is 2.70. The van der Waals surface area contributed by atoms with Crippen LogP contribution in [-0.4, -0.2) is 94.0 Å². The molecule has 258 valence electrons. The summed E-state index contributed by atoms with van der Waals surface area (Å²) in [6, 6.07) is 3.56. The molecule has 0 bridgehead atoms. The highest BCUT2D eigenvalue weighted by molar-refractivity contribution is 6.21. The minimum absolute atomic E-state index is 0.141. The highest BCUT2D eigenvalue weighted by atomic mass is 16.6. The number of carbonyl (C=O) groups excluding carboxylic acids is 7. The Morgan fingerprint density at radius 3 is 2.12 bits per heavy atom. The van der Waals surface area contributed by atoms with E-state index in [1.165, 1.54) is 26.0 Å². The van der Waals surface area contributed by atoms with Gasteiger partial charge in [-0.05, 0) is 37.1 Å². The molecular formula is C34H32O15. The molecule has 15 heteroatoms. The van der Waals surface area contributed by atoms with Crippen molar-refractivity contribution in [3.05, 3.63) is 34.9 Å². The second-order valence-corrected chi connectivity index (χ2v) is 12.7. The van der Waals surface area contributed by atoms with Gasteiger partial charge in [-0.3, -0.25) is 24.0 Å². The third kappa shape index (κ3) is 4.40. The van der Waals surface area contributed by atoms with Crippen LogP contribution in [-0.2, 0) is 38.2 Å². The molecule has 49 heavy (non-hydrogen) atoms. The summed E-state index contributed by atoms with van der Waals surface area (Å²) >= 11 is 0. The fraction of sp³-hybridized carbons (Fsp3) is 0.441. The van der Waals surface area contributed by atoms with Crippen molar-refractivity contribution in [2.75, 3.05) is 14.2 Å². The molecule has 0 aromatic heterocycles. The Morgan fingerprint density at radius 1 is 0.878 bits per heavy atom. The van der Waals surface area contributed by atoms with E-state index < -0.39 is 111 Å². The van der Waals surface area contributed by atoms with Crippen molar-refractivity contribution in [1.82, 2.24) is 0 Å². The molecule has 2 aliphatic heterocycles. The number of benzene rings is 2. The van der Waals surface area contributed by atoms with E-state index in [0.29, 0.717) is 0 Å². The first-order valence-corrected chi connectivity index (χ1v) is 15.3. The number of methoxy groups -OCH3 is 2. The Labute approximate surface area is 278 Å². The zero-order valence-electron chi connectivity index (χ0n) is 27.0. The van der Waals surface area contributed by atoms with Crippen molar-refractivity contribution in [1.29, 1.82) is 0 Å². The van der Waals surface area contributed by atoms with Crippen LogP contribution in [0.2, 0.25) is 0 Å². The maximum Gasteiger partial charge on any atom is 0.355 e. The van der Waals surface area contributed by atoms with Gasteiger partial charge in [-0.1, -0.05) is 6.92 Å². The third-order valence-corrected chi connectivity index (χ3v) is 9.86. The van der Waals surface area contributed by atoms with Gasteiger partial charge in [-0.15, -0.1) is 0 Å². The molecule has 2 heterocycles. The maximum absolute atomic E-state index is 14.2. The van der Waals surface area contributed by atoms with Gasteiger partial charge in [0.2, 0.25) is 5.60 Å². The smallest absolute Gasteiger partial charge is 0.355 e. The summed E-state index contributed by atoms with van der Waals surface area (Å²) < 4.78 is 27.6. The van der Waals surface area contributed by atoms with E-state index in [9.17, 15) is 48.9 Å². The van der Waals surface area contributed by atoms with E-state index in [-0.39, 0.29) is 41.7 Å². The molecule has 4 aliphatic rings. The Morgan fingerprint density at radius 2 is 1.49 bits per heavy atom. The molecule has 6 rings (SSSR count). The van der Waals surface area contributed by atoms with Crippen LogP contribution in [0.3, 0.4) is 0 Å². The first-order valence-electron chi connectivity index (χ1n) is 15.3. The van der Waals surface area contributed by atoms with Gasteiger partial charge in [0, 0.05) is 36.8 Å². The quantitative estimate of drug-likeness (QED) is 0.236. The van der Waals surface area contributed by atoms with Gasteiger partial charge in [0.15, 0.2) is 17.7 Å². The number of ether oxygens (including phenoxy) is 5. The lowest BCUT2D eigenvalue weighted by molar-refractivity contribution is -0.200. The number of hydrogen-bond acceptors (Lipinski definition) is 15. The highest BCUT2D eigenvalue weighted by Crippen LogP contribution is 2.56. The predicted molar refractivity (Wildman–Crippen MR) is 161 cm³/mol. The van der Waals surface area contributed by atoms with Crippen LogP contribution in [0, 0.1) is 24.7 Å². The molecule has 0 saturated heterocycles. The third-order valence-electron chi connectivity index (χ3n) is 9.86. The van der Waals surface area contributed by atoms with Gasteiger partial charge in [-0.2, -0.15) is 0 Å². The zero-order chi connectivity index (χ0) is 35.9. The van der Waals surface area contributed by atoms with Crippen molar-refractivity contribution in [2.45, 2.75) is 63.4 Å². The number of ketones is 4. The number of carbonyl (C=O) groups is 7. The van der Waals surface area contributed by atoms with Crippen LogP contribution >= 0.6 is 0 Å². The molecular weight excluding hydrogens is 648 g/mol. The predicted octanol–water partition coefficient (Wildman–Crippen LogP) is 1.54. The molecule has 0 amide bonds. The molecule has 2 aliphatic carbocycles. The number of fused-ring (bicyclic) bond motifs is 4. The monoisotopic (exact) mass is 680 g/mol. The van der Waals surface area contributed by atoms with Crippen molar-refractivity contribution in [3.8, 4) is 34.1 Å². The molecule has 3 N–H and O–H groups in total. The lowest BCUT2D eigenvalue weighted by Gasteiger charge is -2.49. The van der Waals surface area contributed by atoms with E-state index >= 15 is 0 Å². The fourth-order valence-corrected chi connectivity index (χ4v) is 7.82. The van der Waals surface area contributed by atoms with Gasteiger partial charge in [0.1, 0.15) is 63.6 Å². The first kappa shape index (κ1) is 33.6. The normalized spacial score (nSPS) is 30.0. The van der Waals surface area contributed by atoms with E-state index in [4.69, 9.17) is 23.7 Å². The number of aryl methyl sites for hydroxylation is 1. The number of rotatable bonds is 4. The van der Waals surface area contributed by atoms with Crippen LogP contribution in [0.1, 0.15) is 59.4 Å². The largest absolute Gasteiger partial charge is 0.507 e. The van der Waals surface area contributed by atoms with Crippen LogP contribution in [0.25, 0.3) is 11.1 Å². The van der Waals surface area contributed by atoms with E-state index in [2.05, 4.69) is 0 Å². The molecule has 7 atom stereocenters. The average Bonchev–Trinajstić information content (AvgIpc) is 3.04. The number of hydrogen-bond donors (Lipinski definition) is 3. The zero-order valence-corrected chi connectivity index (χ0v) is 27.0. The van der Waals surface area contributed by atoms with Gasteiger partial charge in [0.25, 0.3) is 5.60 Å². The lowest BCUT2D eigenvalue weighted by atomic mass is 9.64. The second-order valence-electron chi connectivity index (χ2n) is 12.7. The number of aromatic hydroxyl groups is 2. The summed E-state index contributed by atoms with van der Waals surface area (Å²) in [6.07, 6.45) is -3.87. The summed E-state index contributed by atoms with van der Waals surface area (Å²) in [4.78, 5) is 93.8. The SMILES string of the molecule is COC(=O)C12Oc3cc(C)c(-c4ccc(O)c5c4OC4(C(=O)OC)C(C(=O)CC(C)C4OC(C)=O)C5=O)c(O)c3C(=O)C1C(=O)CCC2O. The first-order chi connectivity index (χ1) is 23.1. The average molecular weight is 681 g/mol. The molecule has 2 aromatic carbocycles. The number of esters is 3. The maximum atomic E-state index is 14.2. The standard InChI is InChI=1S/C34H32O15/c1-12-11-19-23(28(42)24-17(37)8-9-20(39)33(24,48-19)31(43)45-4)26(40)21(12)15-6-7-16(36)22-27(41)25-18(38)10-13(2)30(47-14(3)35)34(25,32(44)46-5)49-29(15)22/h6-7,11,13,20,24-25,30,36,39-40H,8-10H2,1-5H3. The van der Waals surface area contributed by atoms with Gasteiger partial charge >= 0.3 is 17.9 Å². The van der Waals surface area contributed by atoms with Crippen molar-refractivity contribution in [2.24, 2.45) is 17.8 Å². The summed E-state index contributed by atoms with van der Waals surface area (Å²) in [5.41, 5.74) is -6.21. The Kier molecular flexibility index (Phi) is 7.81. The molecule has 0 radical (unpaired) electrons. The minimum Gasteiger partial charge on any atom is -0.507 e. The van der Waals surface area contributed by atoms with Gasteiger partial charge in [0.05, 0.1) is 14.2 Å². The Hall–Kier alpha value is -5.31. The van der Waals surface area contributed by atoms with Crippen molar-refractivity contribution >= 4 is 41.0 Å². The van der Waals surface area contributed by atoms with Gasteiger partial charge in [-0.25, -0.2) is 9.59 Å². The molecule has 2 saturated carbocycles. The van der Waals surface area contributed by atoms with E-state index in [1.54, 1.807) is 0 Å². The molecule has 0 spiro atoms. The Bertz CT molecular complexity index is 1890. The molecule has 2 fully saturated rings. The molecule has 7 unspecified atom stereocenters. The van der Waals surface area contributed by atoms with Crippen molar-refractivity contribution < 1.29 is 72.6 Å². The summed E-state index contributed by atoms with van der Waals surface area (Å²) in [6.45, 7) is 4.04. The number of Topliss-reactive ketones (excluding diaryl/α,β-unsaturated/α-hetero) is 4. The number of aliphatic hydroxyl groups is 1. The number of phenolic OH excluding ortho intramolecular Hbond substituents is 2. The van der Waals surface area contributed by atoms with E-state index in [1.807, 2.05) is 0 Å². The lowest BCUT2D eigenvalue weighted by Crippen LogP contribution is -2.70. The van der Waals surface area contributed by atoms with E-state index in [0.717, 1.165) is 27.2 Å². The van der Waals surface area contributed by atoms with Crippen LogP contribution in [0.15, 0.2) is 18.2 Å². The second kappa shape index (κ2) is 11.4. The molecule has 15 nitrogen and oxygen atoms in total. The van der Waals surface area contributed by atoms with Crippen LogP contribution in [0.5, 0.6) is 23.0 Å². The van der Waals surface area contributed by atoms with Gasteiger partial charge < -0.3 is 39.0 Å². The summed E-state index contributed by atoms with van der Waals surface area (Å²) in [5.74, 6) is -13.7. The number of aliphatic hydroxyl groups excluding tert-OH is 1. The van der Waals surface area contributed by atoms with Crippen LogP contribution < -0.4 is 9.47 Å². The molecule has 2 aromatic rings. The summed E-state index contributed by atoms with van der Waals surface area (Å²) in [7, 11) is 1.99. The fourth-order valence-electron chi connectivity index (χ4n) is 7.82. The topological polar surface area (TPSA) is 226 Å². The van der Waals surface area contributed by atoms with Crippen LogP contribution in [0.4, 0.5) is 0 Å².